The van der Waals surface area contributed by atoms with Crippen LogP contribution in [0.25, 0.3) is 0 Å². The second-order valence-corrected chi connectivity index (χ2v) is 6.60. The third kappa shape index (κ3) is 10.2. The second-order valence-electron chi connectivity index (χ2n) is 6.60. The van der Waals surface area contributed by atoms with Crippen molar-refractivity contribution in [2.75, 3.05) is 33.2 Å². The van der Waals surface area contributed by atoms with Crippen LogP contribution in [-0.4, -0.2) is 33.2 Å². The summed E-state index contributed by atoms with van der Waals surface area (Å²) in [5.74, 6) is 3.38. The van der Waals surface area contributed by atoms with Gasteiger partial charge in [-0.15, -0.1) is 19.4 Å². The SMILES string of the molecule is C#C.C=C/C=C(\C)C(C)C(CCOc1ccc2c(c1)OCO2)CNCC.C=CCF. The van der Waals surface area contributed by atoms with Crippen LogP contribution < -0.4 is 19.5 Å². The fraction of sp³-hybridized carbons (Fsp3) is 0.440. The molecule has 0 amide bonds. The van der Waals surface area contributed by atoms with Crippen molar-refractivity contribution in [2.45, 2.75) is 27.2 Å². The van der Waals surface area contributed by atoms with E-state index in [9.17, 15) is 4.39 Å². The standard InChI is InChI=1S/C20H29NO3.C3H5F.C2H2/c1-5-7-15(3)16(4)17(13-21-6-2)10-11-22-18-8-9-19-20(12-18)24-14-23-19;1-2-3-4;1-2/h5,7-9,12,16-17,21H,1,6,10-11,13-14H2,2-4H3;2H,1,3H2;1-2H/b15-7+;;. The van der Waals surface area contributed by atoms with Crippen LogP contribution >= 0.6 is 0 Å². The maximum atomic E-state index is 10.6. The molecule has 2 rings (SSSR count). The van der Waals surface area contributed by atoms with E-state index in [1.54, 1.807) is 0 Å². The number of alkyl halides is 1. The maximum absolute atomic E-state index is 10.6. The number of fused-ring (bicyclic) bond motifs is 1. The second kappa shape index (κ2) is 17.2. The minimum atomic E-state index is -0.417. The molecule has 0 aliphatic carbocycles. The average molecular weight is 418 g/mol. The summed E-state index contributed by atoms with van der Waals surface area (Å²) in [5.41, 5.74) is 1.36. The summed E-state index contributed by atoms with van der Waals surface area (Å²) in [6.07, 6.45) is 14.2. The smallest absolute Gasteiger partial charge is 0.231 e. The van der Waals surface area contributed by atoms with E-state index in [1.807, 2.05) is 24.3 Å². The van der Waals surface area contributed by atoms with Crippen LogP contribution in [0.4, 0.5) is 4.39 Å². The fourth-order valence-corrected chi connectivity index (χ4v) is 2.86. The molecule has 2 unspecified atom stereocenters. The van der Waals surface area contributed by atoms with Crippen LogP contribution in [0.5, 0.6) is 17.2 Å². The summed E-state index contributed by atoms with van der Waals surface area (Å²) < 4.78 is 27.2. The zero-order valence-electron chi connectivity index (χ0n) is 18.5. The first-order valence-corrected chi connectivity index (χ1v) is 10.1. The molecule has 0 spiro atoms. The lowest BCUT2D eigenvalue weighted by Gasteiger charge is -2.25. The van der Waals surface area contributed by atoms with Gasteiger partial charge in [-0.1, -0.05) is 44.2 Å². The summed E-state index contributed by atoms with van der Waals surface area (Å²) in [7, 11) is 0. The van der Waals surface area contributed by atoms with E-state index < -0.39 is 6.67 Å². The number of terminal acetylenes is 1. The van der Waals surface area contributed by atoms with Crippen LogP contribution in [0, 0.1) is 24.7 Å². The van der Waals surface area contributed by atoms with Gasteiger partial charge in [-0.05, 0) is 50.4 Å². The topological polar surface area (TPSA) is 39.7 Å². The van der Waals surface area contributed by atoms with E-state index in [-0.39, 0.29) is 6.79 Å². The monoisotopic (exact) mass is 417 g/mol. The number of rotatable bonds is 11. The van der Waals surface area contributed by atoms with Gasteiger partial charge >= 0.3 is 0 Å². The van der Waals surface area contributed by atoms with E-state index in [2.05, 4.69) is 58.2 Å². The molecule has 0 saturated heterocycles. The van der Waals surface area contributed by atoms with Crippen molar-refractivity contribution in [1.82, 2.24) is 5.32 Å². The minimum absolute atomic E-state index is 0.288. The Morgan fingerprint density at radius 1 is 1.30 bits per heavy atom. The molecular weight excluding hydrogens is 381 g/mol. The summed E-state index contributed by atoms with van der Waals surface area (Å²) >= 11 is 0. The predicted molar refractivity (Wildman–Crippen MR) is 124 cm³/mol. The zero-order valence-corrected chi connectivity index (χ0v) is 18.5. The molecule has 0 radical (unpaired) electrons. The molecule has 4 nitrogen and oxygen atoms in total. The molecule has 1 aromatic carbocycles. The molecular formula is C25H36FNO3. The third-order valence-corrected chi connectivity index (χ3v) is 4.67. The highest BCUT2D eigenvalue weighted by Crippen LogP contribution is 2.35. The Morgan fingerprint density at radius 2 is 1.97 bits per heavy atom. The Labute approximate surface area is 181 Å². The van der Waals surface area contributed by atoms with E-state index in [4.69, 9.17) is 14.2 Å². The summed E-state index contributed by atoms with van der Waals surface area (Å²) in [6.45, 7) is 16.0. The Balaban J connectivity index is 0.00000125. The molecule has 0 fully saturated rings. The number of benzene rings is 1. The summed E-state index contributed by atoms with van der Waals surface area (Å²) in [6, 6.07) is 5.72. The highest BCUT2D eigenvalue weighted by Gasteiger charge is 2.19. The Kier molecular flexibility index (Phi) is 15.6. The quantitative estimate of drug-likeness (QED) is 0.290. The minimum Gasteiger partial charge on any atom is -0.493 e. The number of nitrogens with one attached hydrogen (secondary N) is 1. The first kappa shape index (κ1) is 27.3. The van der Waals surface area contributed by atoms with Crippen LogP contribution in [-0.2, 0) is 0 Å². The highest BCUT2D eigenvalue weighted by molar-refractivity contribution is 5.46. The molecule has 1 heterocycles. The van der Waals surface area contributed by atoms with E-state index in [0.717, 1.165) is 36.8 Å². The molecule has 5 heteroatoms. The fourth-order valence-electron chi connectivity index (χ4n) is 2.86. The predicted octanol–water partition coefficient (Wildman–Crippen LogP) is 5.57. The van der Waals surface area contributed by atoms with Crippen molar-refractivity contribution in [1.29, 1.82) is 0 Å². The zero-order chi connectivity index (χ0) is 22.8. The lowest BCUT2D eigenvalue weighted by atomic mass is 9.85. The van der Waals surface area contributed by atoms with Gasteiger partial charge in [0.2, 0.25) is 6.79 Å². The maximum Gasteiger partial charge on any atom is 0.231 e. The van der Waals surface area contributed by atoms with Crippen LogP contribution in [0.2, 0.25) is 0 Å². The van der Waals surface area contributed by atoms with Gasteiger partial charge < -0.3 is 19.5 Å². The summed E-state index contributed by atoms with van der Waals surface area (Å²) in [5, 5.41) is 3.46. The van der Waals surface area contributed by atoms with Gasteiger partial charge in [-0.25, -0.2) is 4.39 Å². The van der Waals surface area contributed by atoms with Gasteiger partial charge in [0, 0.05) is 6.07 Å². The lowest BCUT2D eigenvalue weighted by Crippen LogP contribution is -2.29. The van der Waals surface area contributed by atoms with Gasteiger partial charge in [0.1, 0.15) is 12.4 Å². The van der Waals surface area contributed by atoms with Gasteiger partial charge in [0.15, 0.2) is 11.5 Å². The van der Waals surface area contributed by atoms with Gasteiger partial charge in [-0.3, -0.25) is 0 Å². The molecule has 1 aliphatic heterocycles. The number of ether oxygens (including phenoxy) is 3. The molecule has 1 aliphatic rings. The molecule has 166 valence electrons. The van der Waals surface area contributed by atoms with Crippen molar-refractivity contribution >= 4 is 0 Å². The Bertz CT molecular complexity index is 670. The third-order valence-electron chi connectivity index (χ3n) is 4.67. The first-order valence-electron chi connectivity index (χ1n) is 10.1. The van der Waals surface area contributed by atoms with E-state index in [1.165, 1.54) is 11.6 Å². The van der Waals surface area contributed by atoms with Crippen molar-refractivity contribution < 1.29 is 18.6 Å². The van der Waals surface area contributed by atoms with Crippen molar-refractivity contribution in [3.05, 3.63) is 55.2 Å². The molecule has 0 bridgehead atoms. The van der Waals surface area contributed by atoms with Crippen molar-refractivity contribution in [3.63, 3.8) is 0 Å². The molecule has 1 aromatic rings. The van der Waals surface area contributed by atoms with Crippen LogP contribution in [0.1, 0.15) is 27.2 Å². The first-order chi connectivity index (χ1) is 14.6. The van der Waals surface area contributed by atoms with Gasteiger partial charge in [-0.2, -0.15) is 0 Å². The number of hydrogen-bond donors (Lipinski definition) is 1. The molecule has 30 heavy (non-hydrogen) atoms. The van der Waals surface area contributed by atoms with Crippen LogP contribution in [0.3, 0.4) is 0 Å². The van der Waals surface area contributed by atoms with Gasteiger partial charge in [0.25, 0.3) is 0 Å². The lowest BCUT2D eigenvalue weighted by molar-refractivity contribution is 0.173. The molecule has 2 atom stereocenters. The molecule has 0 saturated carbocycles. The summed E-state index contributed by atoms with van der Waals surface area (Å²) in [4.78, 5) is 0. The number of halogens is 1. The van der Waals surface area contributed by atoms with Crippen LogP contribution in [0.15, 0.2) is 55.2 Å². The van der Waals surface area contributed by atoms with E-state index >= 15 is 0 Å². The van der Waals surface area contributed by atoms with Crippen molar-refractivity contribution in [2.24, 2.45) is 11.8 Å². The van der Waals surface area contributed by atoms with Gasteiger partial charge in [0.05, 0.1) is 6.61 Å². The highest BCUT2D eigenvalue weighted by atomic mass is 19.1. The average Bonchev–Trinajstić information content (AvgIpc) is 3.25. The van der Waals surface area contributed by atoms with Crippen molar-refractivity contribution in [3.8, 4) is 30.1 Å². The number of allylic oxidation sites excluding steroid dienone is 4. The van der Waals surface area contributed by atoms with E-state index in [0.29, 0.717) is 18.4 Å². The normalized spacial score (nSPS) is 13.6. The molecule has 1 N–H and O–H groups in total. The molecule has 0 aromatic heterocycles. The number of hydrogen-bond acceptors (Lipinski definition) is 4. The Morgan fingerprint density at radius 3 is 2.57 bits per heavy atom. The Hall–Kier alpha value is -2.71. The largest absolute Gasteiger partial charge is 0.493 e.